The molecule has 2 aliphatic rings. The second-order valence-electron chi connectivity index (χ2n) is 9.38. The zero-order chi connectivity index (χ0) is 22.6. The molecule has 0 aromatic heterocycles. The molecule has 1 heterocycles. The van der Waals surface area contributed by atoms with Crippen LogP contribution in [0.1, 0.15) is 43.2 Å². The Kier molecular flexibility index (Phi) is 7.11. The van der Waals surface area contributed by atoms with E-state index in [0.717, 1.165) is 57.3 Å². The number of nitrogens with zero attached hydrogens (tertiary/aromatic N) is 1. The van der Waals surface area contributed by atoms with Crippen LogP contribution in [0.25, 0.3) is 0 Å². The molecule has 2 aromatic carbocycles. The van der Waals surface area contributed by atoms with Crippen LogP contribution in [-0.2, 0) is 12.0 Å². The molecule has 1 aliphatic heterocycles. The summed E-state index contributed by atoms with van der Waals surface area (Å²) in [5.41, 5.74) is 8.33. The topological polar surface area (TPSA) is 78.6 Å². The molecule has 172 valence electrons. The summed E-state index contributed by atoms with van der Waals surface area (Å²) in [5.74, 6) is 0.0844. The molecule has 1 amide bonds. The first kappa shape index (κ1) is 22.7. The lowest BCUT2D eigenvalue weighted by Crippen LogP contribution is -2.56. The van der Waals surface area contributed by atoms with Crippen LogP contribution < -0.4 is 11.1 Å². The van der Waals surface area contributed by atoms with Gasteiger partial charge >= 0.3 is 6.09 Å². The molecule has 2 aromatic rings. The zero-order valence-electron chi connectivity index (χ0n) is 18.6. The molecular formula is C26H34FN3O2. The number of nitrogens with two attached hydrogens (primary N) is 1. The van der Waals surface area contributed by atoms with E-state index in [1.807, 2.05) is 12.1 Å². The van der Waals surface area contributed by atoms with Crippen LogP contribution in [0.4, 0.5) is 9.18 Å². The molecule has 1 unspecified atom stereocenters. The van der Waals surface area contributed by atoms with Crippen LogP contribution >= 0.6 is 0 Å². The van der Waals surface area contributed by atoms with E-state index in [-0.39, 0.29) is 23.7 Å². The van der Waals surface area contributed by atoms with Crippen molar-refractivity contribution in [1.82, 2.24) is 10.2 Å². The van der Waals surface area contributed by atoms with Crippen LogP contribution in [0.2, 0.25) is 0 Å². The van der Waals surface area contributed by atoms with Crippen LogP contribution in [0.3, 0.4) is 0 Å². The second-order valence-corrected chi connectivity index (χ2v) is 9.38. The SMILES string of the molecule is NCC(c1cccc(F)c1)(C1CCN(Cc2ccccc2)CC1)[C@H]1CCC[C@@H]1NC(=O)O. The normalized spacial score (nSPS) is 24.2. The third-order valence-electron chi connectivity index (χ3n) is 7.75. The maximum absolute atomic E-state index is 14.3. The van der Waals surface area contributed by atoms with Gasteiger partial charge in [-0.2, -0.15) is 0 Å². The van der Waals surface area contributed by atoms with Crippen molar-refractivity contribution < 1.29 is 14.3 Å². The average molecular weight is 440 g/mol. The molecule has 5 nitrogen and oxygen atoms in total. The molecule has 0 spiro atoms. The summed E-state index contributed by atoms with van der Waals surface area (Å²) < 4.78 is 14.3. The number of rotatable bonds is 7. The van der Waals surface area contributed by atoms with Gasteiger partial charge in [0, 0.05) is 24.5 Å². The zero-order valence-corrected chi connectivity index (χ0v) is 18.6. The highest BCUT2D eigenvalue weighted by atomic mass is 19.1. The maximum Gasteiger partial charge on any atom is 0.404 e. The van der Waals surface area contributed by atoms with Crippen molar-refractivity contribution in [1.29, 1.82) is 0 Å². The predicted octanol–water partition coefficient (Wildman–Crippen LogP) is 4.37. The molecule has 4 N–H and O–H groups in total. The number of hydrogen-bond donors (Lipinski definition) is 3. The standard InChI is InChI=1S/C26H34FN3O2/c27-22-9-4-8-21(16-22)26(18-28,23-10-5-11-24(23)29-25(31)32)20-12-14-30(15-13-20)17-19-6-2-1-3-7-19/h1-4,6-9,16,20,23-24,29H,5,10-15,17-18,28H2,(H,31,32)/t23-,24-,26?/m0/s1. The fraction of sp³-hybridized carbons (Fsp3) is 0.500. The third-order valence-corrected chi connectivity index (χ3v) is 7.75. The van der Waals surface area contributed by atoms with Crippen molar-refractivity contribution in [3.63, 3.8) is 0 Å². The second kappa shape index (κ2) is 10.0. The highest BCUT2D eigenvalue weighted by molar-refractivity contribution is 5.65. The Balaban J connectivity index is 1.60. The Morgan fingerprint density at radius 3 is 2.50 bits per heavy atom. The van der Waals surface area contributed by atoms with Crippen molar-refractivity contribution in [2.45, 2.75) is 50.1 Å². The molecule has 1 saturated carbocycles. The minimum Gasteiger partial charge on any atom is -0.465 e. The fourth-order valence-corrected chi connectivity index (χ4v) is 6.32. The molecule has 0 radical (unpaired) electrons. The van der Waals surface area contributed by atoms with E-state index in [9.17, 15) is 14.3 Å². The van der Waals surface area contributed by atoms with E-state index in [1.165, 1.54) is 11.6 Å². The first-order chi connectivity index (χ1) is 15.5. The van der Waals surface area contributed by atoms with Crippen molar-refractivity contribution in [2.75, 3.05) is 19.6 Å². The highest BCUT2D eigenvalue weighted by Crippen LogP contribution is 2.50. The molecule has 2 fully saturated rings. The van der Waals surface area contributed by atoms with E-state index < -0.39 is 11.5 Å². The number of nitrogens with one attached hydrogen (secondary N) is 1. The minimum absolute atomic E-state index is 0.0658. The summed E-state index contributed by atoms with van der Waals surface area (Å²) in [6, 6.07) is 17.2. The maximum atomic E-state index is 14.3. The largest absolute Gasteiger partial charge is 0.465 e. The van der Waals surface area contributed by atoms with E-state index in [2.05, 4.69) is 34.5 Å². The van der Waals surface area contributed by atoms with Gasteiger partial charge in [0.05, 0.1) is 0 Å². The number of carboxylic acid groups (broad SMARTS) is 1. The Bertz CT molecular complexity index is 901. The third kappa shape index (κ3) is 4.66. The summed E-state index contributed by atoms with van der Waals surface area (Å²) in [4.78, 5) is 14.0. The van der Waals surface area contributed by atoms with E-state index in [0.29, 0.717) is 6.54 Å². The van der Waals surface area contributed by atoms with Gasteiger partial charge in [-0.3, -0.25) is 4.90 Å². The Labute approximate surface area is 189 Å². The van der Waals surface area contributed by atoms with Gasteiger partial charge in [-0.15, -0.1) is 0 Å². The predicted molar refractivity (Wildman–Crippen MR) is 124 cm³/mol. The lowest BCUT2D eigenvalue weighted by Gasteiger charge is -2.50. The number of carbonyl (C=O) groups is 1. The van der Waals surface area contributed by atoms with Gasteiger partial charge in [0.2, 0.25) is 0 Å². The number of halogens is 1. The smallest absolute Gasteiger partial charge is 0.404 e. The lowest BCUT2D eigenvalue weighted by atomic mass is 9.58. The van der Waals surface area contributed by atoms with Gasteiger partial charge in [0.25, 0.3) is 0 Å². The molecule has 1 aliphatic carbocycles. The van der Waals surface area contributed by atoms with Crippen LogP contribution in [-0.4, -0.2) is 41.8 Å². The number of piperidine rings is 1. The highest BCUT2D eigenvalue weighted by Gasteiger charge is 2.51. The van der Waals surface area contributed by atoms with Crippen LogP contribution in [0.15, 0.2) is 54.6 Å². The van der Waals surface area contributed by atoms with Crippen molar-refractivity contribution in [3.05, 3.63) is 71.5 Å². The van der Waals surface area contributed by atoms with E-state index >= 15 is 0 Å². The van der Waals surface area contributed by atoms with Gasteiger partial charge in [0.15, 0.2) is 0 Å². The molecular weight excluding hydrogens is 405 g/mol. The lowest BCUT2D eigenvalue weighted by molar-refractivity contribution is 0.0773. The number of amides is 1. The van der Waals surface area contributed by atoms with E-state index in [1.54, 1.807) is 12.1 Å². The van der Waals surface area contributed by atoms with E-state index in [4.69, 9.17) is 5.73 Å². The van der Waals surface area contributed by atoms with Crippen molar-refractivity contribution in [2.24, 2.45) is 17.6 Å². The minimum atomic E-state index is -0.996. The summed E-state index contributed by atoms with van der Waals surface area (Å²) in [7, 11) is 0. The molecule has 6 heteroatoms. The Morgan fingerprint density at radius 2 is 1.84 bits per heavy atom. The summed E-state index contributed by atoms with van der Waals surface area (Å²) >= 11 is 0. The van der Waals surface area contributed by atoms with Gasteiger partial charge < -0.3 is 16.2 Å². The van der Waals surface area contributed by atoms with Crippen LogP contribution in [0.5, 0.6) is 0 Å². The van der Waals surface area contributed by atoms with Gasteiger partial charge in [-0.1, -0.05) is 48.9 Å². The number of benzene rings is 2. The fourth-order valence-electron chi connectivity index (χ4n) is 6.32. The molecule has 32 heavy (non-hydrogen) atoms. The van der Waals surface area contributed by atoms with Crippen molar-refractivity contribution in [3.8, 4) is 0 Å². The Hall–Kier alpha value is -2.44. The van der Waals surface area contributed by atoms with Crippen molar-refractivity contribution >= 4 is 6.09 Å². The molecule has 4 rings (SSSR count). The first-order valence-electron chi connectivity index (χ1n) is 11.7. The summed E-state index contributed by atoms with van der Waals surface area (Å²) in [6.45, 7) is 3.23. The Morgan fingerprint density at radius 1 is 1.09 bits per heavy atom. The summed E-state index contributed by atoms with van der Waals surface area (Å²) in [5, 5.41) is 12.2. The average Bonchev–Trinajstić information content (AvgIpc) is 3.24. The summed E-state index contributed by atoms with van der Waals surface area (Å²) in [6.07, 6.45) is 3.61. The molecule has 0 bridgehead atoms. The van der Waals surface area contributed by atoms with Gasteiger partial charge in [0.1, 0.15) is 5.82 Å². The van der Waals surface area contributed by atoms with Crippen LogP contribution in [0, 0.1) is 17.7 Å². The monoisotopic (exact) mass is 439 g/mol. The number of likely N-dealkylation sites (tertiary alicyclic amines) is 1. The quantitative estimate of drug-likeness (QED) is 0.599. The molecule has 1 saturated heterocycles. The molecule has 3 atom stereocenters. The van der Waals surface area contributed by atoms with Gasteiger partial charge in [-0.25, -0.2) is 9.18 Å². The number of hydrogen-bond acceptors (Lipinski definition) is 3. The first-order valence-corrected chi connectivity index (χ1v) is 11.7. The van der Waals surface area contributed by atoms with Gasteiger partial charge in [-0.05, 0) is 73.9 Å².